The van der Waals surface area contributed by atoms with Crippen molar-refractivity contribution in [1.29, 1.82) is 0 Å². The number of rotatable bonds is 8. The second-order valence-corrected chi connectivity index (χ2v) is 10.4. The lowest BCUT2D eigenvalue weighted by atomic mass is 9.87. The zero-order valence-electron chi connectivity index (χ0n) is 20.2. The van der Waals surface area contributed by atoms with Crippen LogP contribution in [0.2, 0.25) is 0 Å². The van der Waals surface area contributed by atoms with Crippen molar-refractivity contribution in [3.8, 4) is 11.5 Å². The van der Waals surface area contributed by atoms with Gasteiger partial charge in [-0.1, -0.05) is 24.3 Å². The minimum absolute atomic E-state index is 0.0996. The molecule has 3 aromatic rings. The number of carbonyl (C=O) groups is 1. The highest BCUT2D eigenvalue weighted by Gasteiger charge is 2.29. The molecular weight excluding hydrogens is 464 g/mol. The minimum atomic E-state index is -4.01. The van der Waals surface area contributed by atoms with E-state index in [2.05, 4.69) is 5.32 Å². The van der Waals surface area contributed by atoms with Crippen molar-refractivity contribution in [2.45, 2.75) is 37.1 Å². The molecule has 0 heterocycles. The fraction of sp³-hybridized carbons (Fsp3) is 0.296. The van der Waals surface area contributed by atoms with Crippen LogP contribution in [0.25, 0.3) is 0 Å². The van der Waals surface area contributed by atoms with Gasteiger partial charge in [0.25, 0.3) is 10.0 Å². The van der Waals surface area contributed by atoms with Crippen molar-refractivity contribution in [3.05, 3.63) is 83.4 Å². The van der Waals surface area contributed by atoms with Crippen LogP contribution in [-0.2, 0) is 21.2 Å². The van der Waals surface area contributed by atoms with Gasteiger partial charge in [-0.15, -0.1) is 0 Å². The third kappa shape index (κ3) is 5.27. The molecule has 3 aromatic carbocycles. The van der Waals surface area contributed by atoms with Gasteiger partial charge in [-0.25, -0.2) is 8.42 Å². The van der Waals surface area contributed by atoms with Crippen LogP contribution in [0, 0.1) is 6.92 Å². The second-order valence-electron chi connectivity index (χ2n) is 8.56. The summed E-state index contributed by atoms with van der Waals surface area (Å²) in [5.41, 5.74) is 3.30. The predicted molar refractivity (Wildman–Crippen MR) is 136 cm³/mol. The molecule has 0 saturated carbocycles. The molecule has 4 rings (SSSR count). The van der Waals surface area contributed by atoms with Gasteiger partial charge in [0.05, 0.1) is 30.8 Å². The lowest BCUT2D eigenvalue weighted by Gasteiger charge is -2.29. The molecule has 184 valence electrons. The fourth-order valence-electron chi connectivity index (χ4n) is 4.49. The van der Waals surface area contributed by atoms with Crippen molar-refractivity contribution < 1.29 is 22.7 Å². The third-order valence-corrected chi connectivity index (χ3v) is 8.06. The van der Waals surface area contributed by atoms with Gasteiger partial charge in [-0.05, 0) is 85.3 Å². The van der Waals surface area contributed by atoms with E-state index in [1.54, 1.807) is 56.5 Å². The summed E-state index contributed by atoms with van der Waals surface area (Å²) in [6.07, 6.45) is 2.64. The molecule has 1 atom stereocenters. The summed E-state index contributed by atoms with van der Waals surface area (Å²) in [5, 5.41) is 3.06. The second kappa shape index (κ2) is 10.4. The molecular formula is C27H30N2O5S. The quantitative estimate of drug-likeness (QED) is 0.502. The molecule has 1 unspecified atom stereocenters. The number of amides is 1. The molecule has 1 aliphatic rings. The van der Waals surface area contributed by atoms with Gasteiger partial charge in [0.15, 0.2) is 0 Å². The number of aryl methyl sites for hydroxylation is 2. The molecule has 8 heteroatoms. The Morgan fingerprint density at radius 1 is 1.03 bits per heavy atom. The SMILES string of the molecule is COc1ccc2c(c1)CCCC2NC(=O)CN(c1ccccc1)S(=O)(=O)c1ccc(OC)c(C)c1. The zero-order valence-corrected chi connectivity index (χ0v) is 21.0. The molecule has 0 aliphatic heterocycles. The number of methoxy groups -OCH3 is 2. The van der Waals surface area contributed by atoms with E-state index in [1.165, 1.54) is 13.2 Å². The normalized spacial score (nSPS) is 15.1. The first-order valence-corrected chi connectivity index (χ1v) is 13.0. The number of sulfonamides is 1. The first-order chi connectivity index (χ1) is 16.8. The molecule has 7 nitrogen and oxygen atoms in total. The van der Waals surface area contributed by atoms with Gasteiger partial charge in [-0.2, -0.15) is 0 Å². The van der Waals surface area contributed by atoms with Gasteiger partial charge < -0.3 is 14.8 Å². The molecule has 1 N–H and O–H groups in total. The summed E-state index contributed by atoms with van der Waals surface area (Å²) in [4.78, 5) is 13.3. The lowest BCUT2D eigenvalue weighted by Crippen LogP contribution is -2.42. The number of carbonyl (C=O) groups excluding carboxylic acids is 1. The van der Waals surface area contributed by atoms with Gasteiger partial charge in [0.1, 0.15) is 18.0 Å². The topological polar surface area (TPSA) is 84.9 Å². The lowest BCUT2D eigenvalue weighted by molar-refractivity contribution is -0.120. The first-order valence-electron chi connectivity index (χ1n) is 11.5. The Labute approximate surface area is 206 Å². The van der Waals surface area contributed by atoms with Crippen molar-refractivity contribution in [3.63, 3.8) is 0 Å². The van der Waals surface area contributed by atoms with Crippen LogP contribution in [0.3, 0.4) is 0 Å². The number of ether oxygens (including phenoxy) is 2. The average molecular weight is 495 g/mol. The van der Waals surface area contributed by atoms with Gasteiger partial charge in [0.2, 0.25) is 5.91 Å². The van der Waals surface area contributed by atoms with Crippen LogP contribution in [0.5, 0.6) is 11.5 Å². The molecule has 1 amide bonds. The van der Waals surface area contributed by atoms with Crippen LogP contribution in [0.1, 0.15) is 35.6 Å². The Bertz CT molecular complexity index is 1310. The summed E-state index contributed by atoms with van der Waals surface area (Å²) in [5.74, 6) is 1.02. The van der Waals surface area contributed by atoms with E-state index in [9.17, 15) is 13.2 Å². The van der Waals surface area contributed by atoms with Crippen molar-refractivity contribution in [2.24, 2.45) is 0 Å². The fourth-order valence-corrected chi connectivity index (χ4v) is 5.99. The number of fused-ring (bicyclic) bond motifs is 1. The van der Waals surface area contributed by atoms with Crippen LogP contribution >= 0.6 is 0 Å². The molecule has 35 heavy (non-hydrogen) atoms. The van der Waals surface area contributed by atoms with Crippen molar-refractivity contribution >= 4 is 21.6 Å². The highest BCUT2D eigenvalue weighted by molar-refractivity contribution is 7.92. The van der Waals surface area contributed by atoms with Crippen LogP contribution < -0.4 is 19.1 Å². The number of hydrogen-bond donors (Lipinski definition) is 1. The molecule has 0 aromatic heterocycles. The number of nitrogens with one attached hydrogen (secondary N) is 1. The standard InChI is InChI=1S/C27H30N2O5S/c1-19-16-23(13-15-26(19)34-3)35(31,32)29(21-9-5-4-6-10-21)18-27(30)28-25-11-7-8-20-17-22(33-2)12-14-24(20)25/h4-6,9-10,12-17,25H,7-8,11,18H2,1-3H3,(H,28,30). The summed E-state index contributed by atoms with van der Waals surface area (Å²) >= 11 is 0. The maximum absolute atomic E-state index is 13.7. The maximum Gasteiger partial charge on any atom is 0.264 e. The molecule has 0 spiro atoms. The van der Waals surface area contributed by atoms with E-state index < -0.39 is 10.0 Å². The number of anilines is 1. The van der Waals surface area contributed by atoms with Crippen molar-refractivity contribution in [1.82, 2.24) is 5.32 Å². The zero-order chi connectivity index (χ0) is 25.0. The largest absolute Gasteiger partial charge is 0.497 e. The van der Waals surface area contributed by atoms with Gasteiger partial charge >= 0.3 is 0 Å². The Kier molecular flexibility index (Phi) is 7.31. The Morgan fingerprint density at radius 3 is 2.49 bits per heavy atom. The highest BCUT2D eigenvalue weighted by atomic mass is 32.2. The summed E-state index contributed by atoms with van der Waals surface area (Å²) in [6, 6.07) is 19.0. The van der Waals surface area contributed by atoms with E-state index in [-0.39, 0.29) is 23.4 Å². The maximum atomic E-state index is 13.7. The highest BCUT2D eigenvalue weighted by Crippen LogP contribution is 2.32. The predicted octanol–water partition coefficient (Wildman–Crippen LogP) is 4.40. The van der Waals surface area contributed by atoms with Crippen molar-refractivity contribution in [2.75, 3.05) is 25.1 Å². The Hall–Kier alpha value is -3.52. The van der Waals surface area contributed by atoms with E-state index in [1.807, 2.05) is 18.2 Å². The summed E-state index contributed by atoms with van der Waals surface area (Å²) in [6.45, 7) is 1.45. The number of hydrogen-bond acceptors (Lipinski definition) is 5. The smallest absolute Gasteiger partial charge is 0.264 e. The van der Waals surface area contributed by atoms with Gasteiger partial charge in [0, 0.05) is 0 Å². The molecule has 1 aliphatic carbocycles. The summed E-state index contributed by atoms with van der Waals surface area (Å²) < 4.78 is 39.1. The van der Waals surface area contributed by atoms with Crippen LogP contribution in [-0.4, -0.2) is 35.1 Å². The first kappa shape index (κ1) is 24.6. The van der Waals surface area contributed by atoms with E-state index in [0.717, 1.165) is 40.4 Å². The van der Waals surface area contributed by atoms with Gasteiger partial charge in [-0.3, -0.25) is 9.10 Å². The molecule has 0 saturated heterocycles. The van der Waals surface area contributed by atoms with Crippen LogP contribution in [0.4, 0.5) is 5.69 Å². The third-order valence-electron chi connectivity index (χ3n) is 6.29. The average Bonchev–Trinajstić information content (AvgIpc) is 2.87. The monoisotopic (exact) mass is 494 g/mol. The number of benzene rings is 3. The number of nitrogens with zero attached hydrogens (tertiary/aromatic N) is 1. The summed E-state index contributed by atoms with van der Waals surface area (Å²) in [7, 11) is -0.837. The minimum Gasteiger partial charge on any atom is -0.497 e. The van der Waals surface area contributed by atoms with E-state index in [0.29, 0.717) is 17.0 Å². The number of para-hydroxylation sites is 1. The molecule has 0 bridgehead atoms. The van der Waals surface area contributed by atoms with E-state index in [4.69, 9.17) is 9.47 Å². The molecule has 0 fully saturated rings. The Morgan fingerprint density at radius 2 is 1.80 bits per heavy atom. The van der Waals surface area contributed by atoms with E-state index >= 15 is 0 Å². The Balaban J connectivity index is 1.61. The van der Waals surface area contributed by atoms with Crippen LogP contribution in [0.15, 0.2) is 71.6 Å². The molecule has 0 radical (unpaired) electrons.